The SMILES string of the molecule is Cc1[nH]c(-c2cc3c(cc2C(=O)N2Cc4ccccc4C[C@H]2CN2CCOCC2)OCO3)cc1C(=O)N(c1ccc(O)cc1)c1cnc2c(c1)CCN2C. The molecule has 2 N–H and O–H groups in total. The summed E-state index contributed by atoms with van der Waals surface area (Å²) >= 11 is 0. The summed E-state index contributed by atoms with van der Waals surface area (Å²) in [5.41, 5.74) is 7.44. The van der Waals surface area contributed by atoms with Gasteiger partial charge in [-0.1, -0.05) is 24.3 Å². The van der Waals surface area contributed by atoms with Crippen molar-refractivity contribution in [1.29, 1.82) is 0 Å². The molecule has 9 rings (SSSR count). The number of anilines is 3. The van der Waals surface area contributed by atoms with Gasteiger partial charge in [0.1, 0.15) is 11.6 Å². The van der Waals surface area contributed by atoms with Gasteiger partial charge in [0.2, 0.25) is 6.79 Å². The highest BCUT2D eigenvalue weighted by atomic mass is 16.7. The van der Waals surface area contributed by atoms with Gasteiger partial charge in [-0.2, -0.15) is 0 Å². The zero-order valence-corrected chi connectivity index (χ0v) is 30.4. The molecule has 276 valence electrons. The van der Waals surface area contributed by atoms with E-state index in [9.17, 15) is 14.7 Å². The van der Waals surface area contributed by atoms with Crippen LogP contribution in [0.1, 0.15) is 43.1 Å². The molecule has 1 fully saturated rings. The van der Waals surface area contributed by atoms with Crippen molar-refractivity contribution in [3.8, 4) is 28.5 Å². The van der Waals surface area contributed by atoms with Crippen LogP contribution in [0.25, 0.3) is 11.3 Å². The number of aromatic nitrogens is 2. The lowest BCUT2D eigenvalue weighted by atomic mass is 9.92. The number of hydrogen-bond donors (Lipinski definition) is 2. The standard InChI is InChI=1S/C42H42N6O6/c1-26-34(42(51)48(30-7-9-33(49)10-8-30)31-18-28-11-12-45(2)40(28)43-22-31)19-37(44-26)35-20-38-39(54-25-53-38)21-36(35)41(50)47-23-29-6-4-3-5-27(29)17-32(47)24-46-13-15-52-16-14-46/h3-10,18-22,32,44,49H,11-17,23-25H2,1-2H3/t32-/m0/s1. The number of ether oxygens (including phenoxy) is 3. The number of morpholine rings is 1. The molecule has 1 atom stereocenters. The van der Waals surface area contributed by atoms with Gasteiger partial charge in [0, 0.05) is 68.5 Å². The molecule has 0 aliphatic carbocycles. The molecule has 6 heterocycles. The van der Waals surface area contributed by atoms with Crippen LogP contribution in [0.4, 0.5) is 17.2 Å². The third kappa shape index (κ3) is 6.20. The predicted molar refractivity (Wildman–Crippen MR) is 204 cm³/mol. The number of likely N-dealkylation sites (N-methyl/N-ethyl adjacent to an activating group) is 1. The first-order valence-corrected chi connectivity index (χ1v) is 18.5. The molecule has 3 aromatic carbocycles. The van der Waals surface area contributed by atoms with Crippen LogP contribution in [0.2, 0.25) is 0 Å². The Morgan fingerprint density at radius 3 is 2.46 bits per heavy atom. The minimum atomic E-state index is -0.277. The van der Waals surface area contributed by atoms with Crippen LogP contribution in [-0.4, -0.2) is 96.0 Å². The molecule has 0 saturated carbocycles. The Hall–Kier alpha value is -5.85. The number of H-pyrrole nitrogens is 1. The Bertz CT molecular complexity index is 2250. The first-order chi connectivity index (χ1) is 26.3. The second-order valence-electron chi connectivity index (χ2n) is 14.5. The maximum atomic E-state index is 15.0. The van der Waals surface area contributed by atoms with E-state index in [2.05, 4.69) is 33.0 Å². The summed E-state index contributed by atoms with van der Waals surface area (Å²) in [6, 6.07) is 22.3. The molecule has 12 nitrogen and oxygen atoms in total. The Morgan fingerprint density at radius 1 is 0.907 bits per heavy atom. The van der Waals surface area contributed by atoms with E-state index >= 15 is 0 Å². The second kappa shape index (κ2) is 13.9. The molecule has 12 heteroatoms. The number of benzene rings is 3. The van der Waals surface area contributed by atoms with Crippen LogP contribution in [0.3, 0.4) is 0 Å². The van der Waals surface area contributed by atoms with E-state index in [-0.39, 0.29) is 30.4 Å². The van der Waals surface area contributed by atoms with Gasteiger partial charge in [-0.15, -0.1) is 0 Å². The number of carbonyl (C=O) groups is 2. The van der Waals surface area contributed by atoms with E-state index in [1.807, 2.05) is 43.1 Å². The Balaban J connectivity index is 1.10. The minimum Gasteiger partial charge on any atom is -0.508 e. The molecule has 54 heavy (non-hydrogen) atoms. The third-order valence-corrected chi connectivity index (χ3v) is 11.0. The van der Waals surface area contributed by atoms with Crippen molar-refractivity contribution in [1.82, 2.24) is 19.8 Å². The number of rotatable bonds is 7. The number of aromatic amines is 1. The molecular formula is C42H42N6O6. The van der Waals surface area contributed by atoms with Crippen LogP contribution in [0, 0.1) is 6.92 Å². The highest BCUT2D eigenvalue weighted by Crippen LogP contribution is 2.41. The summed E-state index contributed by atoms with van der Waals surface area (Å²) in [5, 5.41) is 10.1. The van der Waals surface area contributed by atoms with Crippen LogP contribution < -0.4 is 19.3 Å². The van der Waals surface area contributed by atoms with Gasteiger partial charge in [0.25, 0.3) is 11.8 Å². The van der Waals surface area contributed by atoms with Crippen molar-refractivity contribution < 1.29 is 28.9 Å². The monoisotopic (exact) mass is 726 g/mol. The fraction of sp³-hybridized carbons (Fsp3) is 0.310. The topological polar surface area (TPSA) is 124 Å². The number of aromatic hydroxyl groups is 1. The zero-order chi connectivity index (χ0) is 36.9. The molecular weight excluding hydrogens is 684 g/mol. The van der Waals surface area contributed by atoms with Gasteiger partial charge < -0.3 is 34.1 Å². The van der Waals surface area contributed by atoms with Gasteiger partial charge >= 0.3 is 0 Å². The quantitative estimate of drug-likeness (QED) is 0.218. The molecule has 0 unspecified atom stereocenters. The average Bonchev–Trinajstić information content (AvgIpc) is 3.93. The lowest BCUT2D eigenvalue weighted by molar-refractivity contribution is 0.0193. The van der Waals surface area contributed by atoms with E-state index in [0.717, 1.165) is 56.0 Å². The largest absolute Gasteiger partial charge is 0.508 e. The minimum absolute atomic E-state index is 0.0501. The fourth-order valence-electron chi connectivity index (χ4n) is 8.13. The van der Waals surface area contributed by atoms with E-state index in [1.54, 1.807) is 41.4 Å². The third-order valence-electron chi connectivity index (χ3n) is 11.0. The highest BCUT2D eigenvalue weighted by Gasteiger charge is 2.35. The number of pyridine rings is 1. The highest BCUT2D eigenvalue weighted by molar-refractivity contribution is 6.12. The molecule has 4 aliphatic heterocycles. The number of nitrogens with zero attached hydrogens (tertiary/aromatic N) is 5. The maximum absolute atomic E-state index is 15.0. The molecule has 0 bridgehead atoms. The van der Waals surface area contributed by atoms with Crippen molar-refractivity contribution >= 4 is 29.0 Å². The lowest BCUT2D eigenvalue weighted by Gasteiger charge is -2.40. The van der Waals surface area contributed by atoms with Gasteiger partial charge in [0.15, 0.2) is 11.5 Å². The van der Waals surface area contributed by atoms with E-state index in [1.165, 1.54) is 5.56 Å². The fourth-order valence-corrected chi connectivity index (χ4v) is 8.13. The number of carbonyl (C=O) groups excluding carboxylic acids is 2. The molecule has 5 aromatic rings. The second-order valence-corrected chi connectivity index (χ2v) is 14.5. The first kappa shape index (κ1) is 34.0. The smallest absolute Gasteiger partial charge is 0.264 e. The van der Waals surface area contributed by atoms with Crippen LogP contribution in [-0.2, 0) is 24.1 Å². The van der Waals surface area contributed by atoms with Crippen molar-refractivity contribution in [2.24, 2.45) is 0 Å². The van der Waals surface area contributed by atoms with Gasteiger partial charge in [-0.25, -0.2) is 4.98 Å². The molecule has 0 radical (unpaired) electrons. The van der Waals surface area contributed by atoms with Crippen LogP contribution in [0.15, 0.2) is 79.0 Å². The van der Waals surface area contributed by atoms with Gasteiger partial charge in [0.05, 0.1) is 36.2 Å². The van der Waals surface area contributed by atoms with Crippen molar-refractivity contribution in [2.75, 3.05) is 63.0 Å². The summed E-state index contributed by atoms with van der Waals surface area (Å²) in [5.74, 6) is 1.66. The molecule has 2 amide bonds. The normalized spacial score (nSPS) is 17.7. The summed E-state index contributed by atoms with van der Waals surface area (Å²) in [6.07, 6.45) is 3.29. The zero-order valence-electron chi connectivity index (χ0n) is 30.4. The summed E-state index contributed by atoms with van der Waals surface area (Å²) in [7, 11) is 2.01. The maximum Gasteiger partial charge on any atom is 0.264 e. The van der Waals surface area contributed by atoms with Gasteiger partial charge in [-0.3, -0.25) is 19.4 Å². The van der Waals surface area contributed by atoms with Crippen molar-refractivity contribution in [3.63, 3.8) is 0 Å². The van der Waals surface area contributed by atoms with E-state index in [4.69, 9.17) is 19.2 Å². The molecule has 0 spiro atoms. The Morgan fingerprint density at radius 2 is 1.67 bits per heavy atom. The summed E-state index contributed by atoms with van der Waals surface area (Å²) in [4.78, 5) is 46.0. The van der Waals surface area contributed by atoms with Crippen LogP contribution >= 0.6 is 0 Å². The first-order valence-electron chi connectivity index (χ1n) is 18.5. The number of phenols is 1. The average molecular weight is 727 g/mol. The Labute approximate surface area is 313 Å². The van der Waals surface area contributed by atoms with Crippen molar-refractivity contribution in [3.05, 3.63) is 113 Å². The molecule has 4 aliphatic rings. The van der Waals surface area contributed by atoms with E-state index in [0.29, 0.717) is 70.7 Å². The summed E-state index contributed by atoms with van der Waals surface area (Å²) in [6.45, 7) is 7.01. The van der Waals surface area contributed by atoms with Crippen LogP contribution in [0.5, 0.6) is 17.2 Å². The molecule has 1 saturated heterocycles. The number of hydrogen-bond acceptors (Lipinski definition) is 9. The van der Waals surface area contributed by atoms with Gasteiger partial charge in [-0.05, 0) is 85.0 Å². The number of aryl methyl sites for hydroxylation is 1. The lowest BCUT2D eigenvalue weighted by Crippen LogP contribution is -2.52. The molecule has 2 aromatic heterocycles. The number of phenolic OH excluding ortho intramolecular Hbond substituents is 1. The van der Waals surface area contributed by atoms with E-state index < -0.39 is 0 Å². The summed E-state index contributed by atoms with van der Waals surface area (Å²) < 4.78 is 17.2. The number of amides is 2. The number of nitrogens with one attached hydrogen (secondary N) is 1. The number of fused-ring (bicyclic) bond motifs is 3. The van der Waals surface area contributed by atoms with Crippen molar-refractivity contribution in [2.45, 2.75) is 32.4 Å². The predicted octanol–water partition coefficient (Wildman–Crippen LogP) is 5.69. The Kier molecular flexibility index (Phi) is 8.71.